The zero-order valence-electron chi connectivity index (χ0n) is 12.0. The number of benzene rings is 1. The highest BCUT2D eigenvalue weighted by molar-refractivity contribution is 5.16. The monoisotopic (exact) mass is 264 g/mol. The lowest BCUT2D eigenvalue weighted by Crippen LogP contribution is -2.40. The second-order valence-electron chi connectivity index (χ2n) is 5.94. The van der Waals surface area contributed by atoms with Crippen molar-refractivity contribution in [2.45, 2.75) is 39.3 Å². The van der Waals surface area contributed by atoms with Gasteiger partial charge >= 0.3 is 0 Å². The Bertz CT molecular complexity index is 375. The van der Waals surface area contributed by atoms with E-state index in [1.54, 1.807) is 12.1 Å². The van der Waals surface area contributed by atoms with E-state index in [2.05, 4.69) is 24.1 Å². The maximum absolute atomic E-state index is 13.0. The first-order valence-corrected chi connectivity index (χ1v) is 7.34. The summed E-state index contributed by atoms with van der Waals surface area (Å²) in [6.07, 6.45) is 2.41. The molecule has 1 unspecified atom stereocenters. The topological polar surface area (TPSA) is 15.3 Å². The average Bonchev–Trinajstić information content (AvgIpc) is 2.58. The minimum atomic E-state index is -0.153. The first-order chi connectivity index (χ1) is 9.15. The highest BCUT2D eigenvalue weighted by atomic mass is 19.1. The van der Waals surface area contributed by atoms with E-state index in [-0.39, 0.29) is 5.82 Å². The normalized spacial score (nSPS) is 21.6. The molecule has 106 valence electrons. The van der Waals surface area contributed by atoms with Crippen molar-refractivity contribution in [2.75, 3.05) is 19.6 Å². The third-order valence-electron chi connectivity index (χ3n) is 3.74. The highest BCUT2D eigenvalue weighted by Crippen LogP contribution is 2.17. The van der Waals surface area contributed by atoms with Crippen LogP contribution in [0.4, 0.5) is 4.39 Å². The molecule has 2 rings (SSSR count). The van der Waals surface area contributed by atoms with Gasteiger partial charge in [-0.3, -0.25) is 4.90 Å². The number of nitrogens with one attached hydrogen (secondary N) is 1. The Morgan fingerprint density at radius 1 is 1.32 bits per heavy atom. The highest BCUT2D eigenvalue weighted by Gasteiger charge is 2.21. The average molecular weight is 264 g/mol. The van der Waals surface area contributed by atoms with E-state index >= 15 is 0 Å². The van der Waals surface area contributed by atoms with Crippen molar-refractivity contribution in [1.29, 1.82) is 0 Å². The number of rotatable bonds is 4. The summed E-state index contributed by atoms with van der Waals surface area (Å²) in [5.74, 6) is 0.556. The molecular formula is C16H25FN2. The molecule has 1 fully saturated rings. The molecular weight excluding hydrogens is 239 g/mol. The summed E-state index contributed by atoms with van der Waals surface area (Å²) in [7, 11) is 0. The molecule has 0 radical (unpaired) electrons. The minimum Gasteiger partial charge on any atom is -0.315 e. The van der Waals surface area contributed by atoms with Crippen LogP contribution in [0.25, 0.3) is 0 Å². The predicted octanol–water partition coefficient (Wildman–Crippen LogP) is 3.04. The van der Waals surface area contributed by atoms with Gasteiger partial charge in [0.05, 0.1) is 0 Å². The van der Waals surface area contributed by atoms with Gasteiger partial charge in [0.1, 0.15) is 5.82 Å². The first kappa shape index (κ1) is 14.5. The summed E-state index contributed by atoms with van der Waals surface area (Å²) < 4.78 is 13.0. The molecule has 0 spiro atoms. The molecule has 0 bridgehead atoms. The third-order valence-corrected chi connectivity index (χ3v) is 3.74. The molecule has 1 aromatic rings. The van der Waals surface area contributed by atoms with Crippen LogP contribution >= 0.6 is 0 Å². The summed E-state index contributed by atoms with van der Waals surface area (Å²) >= 11 is 0. The summed E-state index contributed by atoms with van der Waals surface area (Å²) in [6.45, 7) is 8.79. The maximum atomic E-state index is 13.0. The van der Waals surface area contributed by atoms with Gasteiger partial charge in [-0.05, 0) is 43.0 Å². The van der Waals surface area contributed by atoms with E-state index in [1.807, 2.05) is 12.1 Å². The quantitative estimate of drug-likeness (QED) is 0.899. The van der Waals surface area contributed by atoms with Crippen LogP contribution < -0.4 is 5.32 Å². The Hall–Kier alpha value is -0.930. The molecule has 1 atom stereocenters. The Balaban J connectivity index is 2.02. The summed E-state index contributed by atoms with van der Waals surface area (Å²) in [6, 6.07) is 7.51. The lowest BCUT2D eigenvalue weighted by Gasteiger charge is -2.31. The predicted molar refractivity (Wildman–Crippen MR) is 77.5 cm³/mol. The van der Waals surface area contributed by atoms with Crippen molar-refractivity contribution < 1.29 is 4.39 Å². The third kappa shape index (κ3) is 4.59. The van der Waals surface area contributed by atoms with Crippen molar-refractivity contribution >= 4 is 0 Å². The molecule has 19 heavy (non-hydrogen) atoms. The number of halogens is 1. The molecule has 1 N–H and O–H groups in total. The first-order valence-electron chi connectivity index (χ1n) is 7.34. The Morgan fingerprint density at radius 3 is 2.74 bits per heavy atom. The van der Waals surface area contributed by atoms with E-state index in [1.165, 1.54) is 18.4 Å². The lowest BCUT2D eigenvalue weighted by molar-refractivity contribution is 0.177. The Morgan fingerprint density at radius 2 is 2.05 bits per heavy atom. The number of hydrogen-bond donors (Lipinski definition) is 1. The molecule has 1 heterocycles. The molecule has 2 nitrogen and oxygen atoms in total. The summed E-state index contributed by atoms with van der Waals surface area (Å²) in [5, 5.41) is 3.53. The van der Waals surface area contributed by atoms with E-state index in [0.717, 1.165) is 26.2 Å². The number of nitrogens with zero attached hydrogens (tertiary/aromatic N) is 1. The van der Waals surface area contributed by atoms with Gasteiger partial charge in [-0.15, -0.1) is 0 Å². The second kappa shape index (κ2) is 7.01. The van der Waals surface area contributed by atoms with Crippen molar-refractivity contribution in [2.24, 2.45) is 5.92 Å². The SMILES string of the molecule is CC(C)CC1CNCCCN1Cc1ccc(F)cc1. The Labute approximate surface area is 116 Å². The second-order valence-corrected chi connectivity index (χ2v) is 5.94. The van der Waals surface area contributed by atoms with Crippen LogP contribution in [-0.4, -0.2) is 30.6 Å². The summed E-state index contributed by atoms with van der Waals surface area (Å²) in [5.41, 5.74) is 1.21. The lowest BCUT2D eigenvalue weighted by atomic mass is 10.0. The van der Waals surface area contributed by atoms with Crippen LogP contribution in [0.15, 0.2) is 24.3 Å². The zero-order valence-corrected chi connectivity index (χ0v) is 12.0. The van der Waals surface area contributed by atoms with Crippen LogP contribution in [0.2, 0.25) is 0 Å². The fourth-order valence-corrected chi connectivity index (χ4v) is 2.80. The van der Waals surface area contributed by atoms with Gasteiger partial charge in [0.25, 0.3) is 0 Å². The van der Waals surface area contributed by atoms with Gasteiger partial charge in [-0.2, -0.15) is 0 Å². The van der Waals surface area contributed by atoms with Crippen LogP contribution in [0.1, 0.15) is 32.3 Å². The molecule has 1 aromatic carbocycles. The van der Waals surface area contributed by atoms with Crippen LogP contribution in [0.3, 0.4) is 0 Å². The van der Waals surface area contributed by atoms with E-state index in [4.69, 9.17) is 0 Å². The molecule has 3 heteroatoms. The van der Waals surface area contributed by atoms with Gasteiger partial charge in [-0.25, -0.2) is 4.39 Å². The van der Waals surface area contributed by atoms with Crippen molar-refractivity contribution in [3.8, 4) is 0 Å². The van der Waals surface area contributed by atoms with Gasteiger partial charge in [-0.1, -0.05) is 26.0 Å². The molecule has 0 saturated carbocycles. The van der Waals surface area contributed by atoms with E-state index < -0.39 is 0 Å². The minimum absolute atomic E-state index is 0.153. The fourth-order valence-electron chi connectivity index (χ4n) is 2.80. The smallest absolute Gasteiger partial charge is 0.123 e. The maximum Gasteiger partial charge on any atom is 0.123 e. The van der Waals surface area contributed by atoms with Crippen molar-refractivity contribution in [3.05, 3.63) is 35.6 Å². The Kier molecular flexibility index (Phi) is 5.34. The van der Waals surface area contributed by atoms with Gasteiger partial charge in [0.15, 0.2) is 0 Å². The standard InChI is InChI=1S/C16H25FN2/c1-13(2)10-16-11-18-8-3-9-19(16)12-14-4-6-15(17)7-5-14/h4-7,13,16,18H,3,8-12H2,1-2H3. The molecule has 0 aliphatic carbocycles. The summed E-state index contributed by atoms with van der Waals surface area (Å²) in [4.78, 5) is 2.55. The molecule has 0 amide bonds. The van der Waals surface area contributed by atoms with E-state index in [9.17, 15) is 4.39 Å². The molecule has 1 aliphatic rings. The number of hydrogen-bond acceptors (Lipinski definition) is 2. The molecule has 0 aromatic heterocycles. The zero-order chi connectivity index (χ0) is 13.7. The molecule has 1 aliphatic heterocycles. The van der Waals surface area contributed by atoms with Crippen LogP contribution in [0, 0.1) is 11.7 Å². The van der Waals surface area contributed by atoms with E-state index in [0.29, 0.717) is 12.0 Å². The fraction of sp³-hybridized carbons (Fsp3) is 0.625. The van der Waals surface area contributed by atoms with Gasteiger partial charge in [0.2, 0.25) is 0 Å². The largest absolute Gasteiger partial charge is 0.315 e. The van der Waals surface area contributed by atoms with Crippen LogP contribution in [0.5, 0.6) is 0 Å². The van der Waals surface area contributed by atoms with Gasteiger partial charge < -0.3 is 5.32 Å². The van der Waals surface area contributed by atoms with Crippen molar-refractivity contribution in [1.82, 2.24) is 10.2 Å². The molecule has 1 saturated heterocycles. The van der Waals surface area contributed by atoms with Crippen molar-refractivity contribution in [3.63, 3.8) is 0 Å². The van der Waals surface area contributed by atoms with Gasteiger partial charge in [0, 0.05) is 25.7 Å². The van der Waals surface area contributed by atoms with Crippen LogP contribution in [-0.2, 0) is 6.54 Å².